The largest absolute Gasteiger partial charge is 0.340 e. The van der Waals surface area contributed by atoms with Crippen LogP contribution in [0, 0.1) is 45.3 Å². The number of carbonyl (C=O) groups is 2. The van der Waals surface area contributed by atoms with Gasteiger partial charge in [-0.25, -0.2) is 0 Å². The maximum Gasteiger partial charge on any atom is 0.228 e. The van der Waals surface area contributed by atoms with E-state index in [2.05, 4.69) is 23.6 Å². The molecule has 4 nitrogen and oxygen atoms in total. The van der Waals surface area contributed by atoms with Crippen molar-refractivity contribution in [3.05, 3.63) is 0 Å². The first-order chi connectivity index (χ1) is 15.7. The minimum atomic E-state index is -0.0769. The summed E-state index contributed by atoms with van der Waals surface area (Å²) in [4.78, 5) is 32.4. The minimum absolute atomic E-state index is 0.0769. The third-order valence-corrected chi connectivity index (χ3v) is 11.7. The molecule has 4 unspecified atom stereocenters. The predicted octanol–water partition coefficient (Wildman–Crippen LogP) is 5.26. The molecule has 8 aliphatic carbocycles. The van der Waals surface area contributed by atoms with E-state index in [0.29, 0.717) is 22.6 Å². The standard InChI is InChI=1S/C29H44N2O2/c1-26-10-20-8-21(11-26)15-28(14-20,18-26)24(32)30-4-3-5-31(7-6-30)25(33)29-16-22-9-23(17-29)13-27(2,12-22)19-29/h20-23H,3-19H2,1-2H3. The minimum Gasteiger partial charge on any atom is -0.340 e. The van der Waals surface area contributed by atoms with E-state index in [1.165, 1.54) is 38.5 Å². The lowest BCUT2D eigenvalue weighted by atomic mass is 9.44. The summed E-state index contributed by atoms with van der Waals surface area (Å²) >= 11 is 0. The second kappa shape index (κ2) is 6.78. The van der Waals surface area contributed by atoms with E-state index in [9.17, 15) is 9.59 Å². The second-order valence-electron chi connectivity index (χ2n) is 15.0. The first-order valence-corrected chi connectivity index (χ1v) is 14.3. The molecule has 9 fully saturated rings. The molecule has 0 spiro atoms. The number of nitrogens with zero attached hydrogens (tertiary/aromatic N) is 2. The van der Waals surface area contributed by atoms with Crippen LogP contribution in [0.5, 0.6) is 0 Å². The van der Waals surface area contributed by atoms with Gasteiger partial charge < -0.3 is 9.80 Å². The Bertz CT molecular complexity index is 781. The van der Waals surface area contributed by atoms with E-state index < -0.39 is 0 Å². The molecule has 33 heavy (non-hydrogen) atoms. The van der Waals surface area contributed by atoms with Gasteiger partial charge in [-0.05, 0) is 118 Å². The zero-order chi connectivity index (χ0) is 22.6. The number of amides is 2. The Morgan fingerprint density at radius 2 is 0.939 bits per heavy atom. The van der Waals surface area contributed by atoms with Crippen molar-refractivity contribution in [2.75, 3.05) is 26.2 Å². The molecule has 9 aliphatic rings. The molecule has 0 aromatic heterocycles. The molecule has 0 radical (unpaired) electrons. The van der Waals surface area contributed by atoms with E-state index >= 15 is 0 Å². The average Bonchev–Trinajstić information content (AvgIpc) is 2.95. The summed E-state index contributed by atoms with van der Waals surface area (Å²) in [6, 6.07) is 0. The Morgan fingerprint density at radius 3 is 1.27 bits per heavy atom. The fourth-order valence-electron chi connectivity index (χ4n) is 11.9. The van der Waals surface area contributed by atoms with E-state index in [4.69, 9.17) is 0 Å². The first kappa shape index (κ1) is 21.2. The van der Waals surface area contributed by atoms with Gasteiger partial charge in [0, 0.05) is 26.2 Å². The van der Waals surface area contributed by atoms with Crippen molar-refractivity contribution < 1.29 is 9.59 Å². The zero-order valence-electron chi connectivity index (χ0n) is 21.0. The van der Waals surface area contributed by atoms with Gasteiger partial charge in [-0.1, -0.05) is 13.8 Å². The van der Waals surface area contributed by atoms with Crippen molar-refractivity contribution in [3.63, 3.8) is 0 Å². The molecule has 9 rings (SSSR count). The van der Waals surface area contributed by atoms with Crippen molar-refractivity contribution in [2.45, 2.75) is 97.3 Å². The fourth-order valence-corrected chi connectivity index (χ4v) is 11.9. The molecule has 4 atom stereocenters. The van der Waals surface area contributed by atoms with Crippen LogP contribution in [-0.2, 0) is 9.59 Å². The van der Waals surface area contributed by atoms with Crippen molar-refractivity contribution in [2.24, 2.45) is 45.3 Å². The van der Waals surface area contributed by atoms with Gasteiger partial charge in [-0.15, -0.1) is 0 Å². The van der Waals surface area contributed by atoms with Crippen LogP contribution in [0.3, 0.4) is 0 Å². The van der Waals surface area contributed by atoms with Gasteiger partial charge in [-0.3, -0.25) is 9.59 Å². The van der Waals surface area contributed by atoms with Crippen molar-refractivity contribution >= 4 is 11.8 Å². The Balaban J connectivity index is 1.06. The normalized spacial score (nSPS) is 52.3. The molecule has 182 valence electrons. The number of carbonyl (C=O) groups excluding carboxylic acids is 2. The lowest BCUT2D eigenvalue weighted by Gasteiger charge is -2.61. The molecule has 8 saturated carbocycles. The Labute approximate surface area is 200 Å². The molecule has 1 aliphatic heterocycles. The van der Waals surface area contributed by atoms with Crippen molar-refractivity contribution in [1.29, 1.82) is 0 Å². The maximum atomic E-state index is 14.0. The number of hydrogen-bond acceptors (Lipinski definition) is 2. The molecule has 8 bridgehead atoms. The monoisotopic (exact) mass is 452 g/mol. The molecular formula is C29H44N2O2. The number of hydrogen-bond donors (Lipinski definition) is 0. The lowest BCUT2D eigenvalue weighted by Crippen LogP contribution is -2.58. The molecule has 0 N–H and O–H groups in total. The quantitative estimate of drug-likeness (QED) is 0.573. The molecule has 4 heteroatoms. The van der Waals surface area contributed by atoms with Gasteiger partial charge in [0.05, 0.1) is 10.8 Å². The Hall–Kier alpha value is -1.06. The van der Waals surface area contributed by atoms with E-state index in [1.807, 2.05) is 0 Å². The predicted molar refractivity (Wildman–Crippen MR) is 128 cm³/mol. The van der Waals surface area contributed by atoms with Crippen LogP contribution >= 0.6 is 0 Å². The van der Waals surface area contributed by atoms with Gasteiger partial charge in [0.1, 0.15) is 0 Å². The topological polar surface area (TPSA) is 40.6 Å². The van der Waals surface area contributed by atoms with Crippen LogP contribution < -0.4 is 0 Å². The van der Waals surface area contributed by atoms with Gasteiger partial charge in [-0.2, -0.15) is 0 Å². The maximum absolute atomic E-state index is 14.0. The van der Waals surface area contributed by atoms with E-state index in [-0.39, 0.29) is 10.8 Å². The summed E-state index contributed by atoms with van der Waals surface area (Å²) in [5.74, 6) is 4.04. The summed E-state index contributed by atoms with van der Waals surface area (Å²) in [6.45, 7) is 8.15. The highest BCUT2D eigenvalue weighted by Crippen LogP contribution is 2.66. The SMILES string of the molecule is CC12CC3CC(C1)CC(C(=O)N1CCCN(C(=O)C45CC6CC(CC(C)(C6)C4)C5)CC1)(C3)C2. The second-order valence-corrected chi connectivity index (χ2v) is 15.0. The summed E-state index contributed by atoms with van der Waals surface area (Å²) in [5.41, 5.74) is 0.656. The highest BCUT2D eigenvalue weighted by atomic mass is 16.2. The highest BCUT2D eigenvalue weighted by molar-refractivity contribution is 5.85. The highest BCUT2D eigenvalue weighted by Gasteiger charge is 2.61. The average molecular weight is 453 g/mol. The molecule has 2 amide bonds. The molecule has 0 aromatic carbocycles. The smallest absolute Gasteiger partial charge is 0.228 e. The van der Waals surface area contributed by atoms with Gasteiger partial charge in [0.15, 0.2) is 0 Å². The van der Waals surface area contributed by atoms with Gasteiger partial charge in [0.25, 0.3) is 0 Å². The molecule has 0 aromatic rings. The first-order valence-electron chi connectivity index (χ1n) is 14.3. The third-order valence-electron chi connectivity index (χ3n) is 11.7. The zero-order valence-corrected chi connectivity index (χ0v) is 21.0. The van der Waals surface area contributed by atoms with Crippen molar-refractivity contribution in [3.8, 4) is 0 Å². The van der Waals surface area contributed by atoms with E-state index in [1.54, 1.807) is 0 Å². The van der Waals surface area contributed by atoms with Crippen LogP contribution in [0.1, 0.15) is 97.3 Å². The van der Waals surface area contributed by atoms with Crippen LogP contribution in [0.2, 0.25) is 0 Å². The van der Waals surface area contributed by atoms with Crippen LogP contribution in [0.25, 0.3) is 0 Å². The Kier molecular flexibility index (Phi) is 4.37. The number of rotatable bonds is 2. The molecular weight excluding hydrogens is 408 g/mol. The lowest BCUT2D eigenvalue weighted by molar-refractivity contribution is -0.168. The van der Waals surface area contributed by atoms with Gasteiger partial charge >= 0.3 is 0 Å². The summed E-state index contributed by atoms with van der Waals surface area (Å²) < 4.78 is 0. The molecule has 1 heterocycles. The van der Waals surface area contributed by atoms with Crippen LogP contribution in [0.15, 0.2) is 0 Å². The molecule has 1 saturated heterocycles. The van der Waals surface area contributed by atoms with Gasteiger partial charge in [0.2, 0.25) is 11.8 Å². The Morgan fingerprint density at radius 1 is 0.576 bits per heavy atom. The fraction of sp³-hybridized carbons (Fsp3) is 0.931. The summed E-state index contributed by atoms with van der Waals surface area (Å²) in [6.07, 6.45) is 15.9. The van der Waals surface area contributed by atoms with E-state index in [0.717, 1.165) is 94.8 Å². The van der Waals surface area contributed by atoms with Crippen molar-refractivity contribution in [1.82, 2.24) is 9.80 Å². The van der Waals surface area contributed by atoms with Crippen LogP contribution in [-0.4, -0.2) is 47.8 Å². The summed E-state index contributed by atoms with van der Waals surface area (Å²) in [7, 11) is 0. The van der Waals surface area contributed by atoms with Crippen LogP contribution in [0.4, 0.5) is 0 Å². The summed E-state index contributed by atoms with van der Waals surface area (Å²) in [5, 5.41) is 0. The third kappa shape index (κ3) is 3.20.